The lowest BCUT2D eigenvalue weighted by atomic mass is 10.0. The molecule has 0 aliphatic carbocycles. The van der Waals surface area contributed by atoms with Gasteiger partial charge in [0.05, 0.1) is 48.9 Å². The molecule has 1 aliphatic heterocycles. The van der Waals surface area contributed by atoms with Crippen molar-refractivity contribution < 1.29 is 23.7 Å². The molecule has 0 spiro atoms. The molecule has 13 heteroatoms. The first-order valence-electron chi connectivity index (χ1n) is 13.6. The number of nitrogens with one attached hydrogen (secondary N) is 2. The second-order valence-electron chi connectivity index (χ2n) is 10.0. The number of imidazole rings is 1. The van der Waals surface area contributed by atoms with E-state index in [1.54, 1.807) is 30.7 Å². The van der Waals surface area contributed by atoms with Crippen molar-refractivity contribution >= 4 is 63.1 Å². The molecule has 5 aromatic rings. The number of hydrogen-bond acceptors (Lipinski definition) is 9. The Kier molecular flexibility index (Phi) is 8.17. The summed E-state index contributed by atoms with van der Waals surface area (Å²) >= 11 is 13.5. The van der Waals surface area contributed by atoms with Crippen LogP contribution in [0, 0.1) is 6.92 Å². The summed E-state index contributed by atoms with van der Waals surface area (Å²) in [7, 11) is 3.04. The Hall–Kier alpha value is -4.58. The van der Waals surface area contributed by atoms with Gasteiger partial charge in [-0.05, 0) is 30.7 Å². The van der Waals surface area contributed by atoms with Crippen molar-refractivity contribution in [2.24, 2.45) is 0 Å². The third-order valence-corrected chi connectivity index (χ3v) is 7.99. The molecule has 1 fully saturated rings. The molecule has 0 bridgehead atoms. The predicted molar refractivity (Wildman–Crippen MR) is 170 cm³/mol. The van der Waals surface area contributed by atoms with Gasteiger partial charge in [-0.25, -0.2) is 9.97 Å². The van der Waals surface area contributed by atoms with Gasteiger partial charge in [-0.15, -0.1) is 0 Å². The maximum absolute atomic E-state index is 12.3. The standard InChI is InChI=1S/C31H28Cl2N6O5/c1-5-25(40)36-21-12-22(44-18-6-9-43-15-18)16(2)10-20(21)37-31-35-14-17-11-19(30-34-7-8-39(30)29(17)38-31)26-27(32)23(41-3)13-24(42-4)28(26)33/h5,7-8,10-14,18H,1,6,9,15H2,2-4H3,(H,36,40)(H,35,37,38)/t18-/m1/s1. The Morgan fingerprint density at radius 1 is 1.07 bits per heavy atom. The van der Waals surface area contributed by atoms with Crippen LogP contribution in [0.3, 0.4) is 0 Å². The number of aromatic nitrogens is 4. The van der Waals surface area contributed by atoms with Crippen LogP contribution in [0.25, 0.3) is 27.8 Å². The molecule has 0 unspecified atom stereocenters. The van der Waals surface area contributed by atoms with Crippen LogP contribution in [0.2, 0.25) is 10.0 Å². The highest BCUT2D eigenvalue weighted by atomic mass is 35.5. The van der Waals surface area contributed by atoms with E-state index in [-0.39, 0.29) is 12.0 Å². The van der Waals surface area contributed by atoms with E-state index >= 15 is 0 Å². The fourth-order valence-corrected chi connectivity index (χ4v) is 5.75. The molecule has 2 N–H and O–H groups in total. The highest BCUT2D eigenvalue weighted by Crippen LogP contribution is 2.47. The molecule has 2 aromatic carbocycles. The number of aryl methyl sites for hydroxylation is 1. The van der Waals surface area contributed by atoms with Crippen molar-refractivity contribution in [2.45, 2.75) is 19.4 Å². The summed E-state index contributed by atoms with van der Waals surface area (Å²) in [5, 5.41) is 7.43. The molecule has 3 aromatic heterocycles. The van der Waals surface area contributed by atoms with Crippen LogP contribution in [-0.2, 0) is 9.53 Å². The second-order valence-corrected chi connectivity index (χ2v) is 10.8. The molecule has 1 amide bonds. The number of fused-ring (bicyclic) bond motifs is 3. The first-order valence-corrected chi connectivity index (χ1v) is 14.4. The lowest BCUT2D eigenvalue weighted by Gasteiger charge is -2.19. The molecule has 226 valence electrons. The molecule has 0 radical (unpaired) electrons. The number of halogens is 2. The highest BCUT2D eigenvalue weighted by molar-refractivity contribution is 6.41. The predicted octanol–water partition coefficient (Wildman–Crippen LogP) is 6.61. The summed E-state index contributed by atoms with van der Waals surface area (Å²) in [4.78, 5) is 26.2. The maximum atomic E-state index is 12.3. The van der Waals surface area contributed by atoms with Crippen molar-refractivity contribution in [2.75, 3.05) is 38.1 Å². The smallest absolute Gasteiger partial charge is 0.247 e. The lowest BCUT2D eigenvalue weighted by Crippen LogP contribution is -2.17. The first-order chi connectivity index (χ1) is 21.3. The molecule has 6 rings (SSSR count). The Bertz CT molecular complexity index is 1890. The Labute approximate surface area is 262 Å². The van der Waals surface area contributed by atoms with E-state index in [2.05, 4.69) is 27.2 Å². The van der Waals surface area contributed by atoms with Gasteiger partial charge in [-0.1, -0.05) is 29.8 Å². The number of carbonyl (C=O) groups is 1. The highest BCUT2D eigenvalue weighted by Gasteiger charge is 2.23. The number of nitrogens with zero attached hydrogens (tertiary/aromatic N) is 4. The van der Waals surface area contributed by atoms with Gasteiger partial charge in [-0.3, -0.25) is 9.20 Å². The van der Waals surface area contributed by atoms with Crippen molar-refractivity contribution in [1.29, 1.82) is 0 Å². The largest absolute Gasteiger partial charge is 0.495 e. The topological polar surface area (TPSA) is 121 Å². The summed E-state index contributed by atoms with van der Waals surface area (Å²) in [6.45, 7) is 6.67. The van der Waals surface area contributed by atoms with E-state index in [0.717, 1.165) is 12.0 Å². The third kappa shape index (κ3) is 5.45. The van der Waals surface area contributed by atoms with Crippen LogP contribution in [0.1, 0.15) is 12.0 Å². The van der Waals surface area contributed by atoms with E-state index in [0.29, 0.717) is 85.6 Å². The van der Waals surface area contributed by atoms with Gasteiger partial charge in [0.1, 0.15) is 29.0 Å². The normalized spacial score (nSPS) is 14.5. The monoisotopic (exact) mass is 634 g/mol. The molecule has 0 saturated carbocycles. The van der Waals surface area contributed by atoms with Gasteiger partial charge < -0.3 is 29.6 Å². The average Bonchev–Trinajstić information content (AvgIpc) is 3.73. The van der Waals surface area contributed by atoms with Crippen LogP contribution in [-0.4, -0.2) is 58.8 Å². The van der Waals surface area contributed by atoms with E-state index in [4.69, 9.17) is 47.1 Å². The van der Waals surface area contributed by atoms with Crippen molar-refractivity contribution in [3.8, 4) is 28.4 Å². The summed E-state index contributed by atoms with van der Waals surface area (Å²) in [5.74, 6) is 1.39. The molecule has 44 heavy (non-hydrogen) atoms. The molecule has 11 nitrogen and oxygen atoms in total. The van der Waals surface area contributed by atoms with Crippen LogP contribution < -0.4 is 24.8 Å². The molecule has 1 atom stereocenters. The van der Waals surface area contributed by atoms with Crippen LogP contribution in [0.15, 0.2) is 55.5 Å². The summed E-state index contributed by atoms with van der Waals surface area (Å²) in [6.07, 6.45) is 7.07. The number of carbonyl (C=O) groups excluding carboxylic acids is 1. The second kappa shape index (κ2) is 12.2. The summed E-state index contributed by atoms with van der Waals surface area (Å²) in [5.41, 5.74) is 4.22. The van der Waals surface area contributed by atoms with Gasteiger partial charge in [0, 0.05) is 53.7 Å². The van der Waals surface area contributed by atoms with Gasteiger partial charge in [0.25, 0.3) is 0 Å². The Morgan fingerprint density at radius 3 is 2.52 bits per heavy atom. The SMILES string of the molecule is C=CC(=O)Nc1cc(O[C@@H]2CCOC2)c(C)cc1Nc1ncc2cc(-c3c(Cl)c(OC)cc(OC)c3Cl)c3nccn3c2n1. The zero-order chi connectivity index (χ0) is 31.0. The minimum Gasteiger partial charge on any atom is -0.495 e. The number of ether oxygens (including phenoxy) is 4. The molecule has 1 saturated heterocycles. The molecule has 4 heterocycles. The fraction of sp³-hybridized carbons (Fsp3) is 0.226. The summed E-state index contributed by atoms with van der Waals surface area (Å²) in [6, 6.07) is 7.14. The summed E-state index contributed by atoms with van der Waals surface area (Å²) < 4.78 is 24.4. The van der Waals surface area contributed by atoms with Crippen molar-refractivity contribution in [1.82, 2.24) is 19.4 Å². The third-order valence-electron chi connectivity index (χ3n) is 7.23. The van der Waals surface area contributed by atoms with Crippen molar-refractivity contribution in [3.63, 3.8) is 0 Å². The van der Waals surface area contributed by atoms with E-state index < -0.39 is 0 Å². The van der Waals surface area contributed by atoms with Crippen molar-refractivity contribution in [3.05, 3.63) is 71.1 Å². The average molecular weight is 636 g/mol. The van der Waals surface area contributed by atoms with Gasteiger partial charge in [-0.2, -0.15) is 4.98 Å². The zero-order valence-corrected chi connectivity index (χ0v) is 25.6. The fourth-order valence-electron chi connectivity index (χ4n) is 5.05. The van der Waals surface area contributed by atoms with Gasteiger partial charge in [0.15, 0.2) is 5.65 Å². The number of benzene rings is 2. The number of amides is 1. The Balaban J connectivity index is 1.42. The lowest BCUT2D eigenvalue weighted by molar-refractivity contribution is -0.111. The number of hydrogen-bond donors (Lipinski definition) is 2. The number of methoxy groups -OCH3 is 2. The number of pyridine rings is 1. The van der Waals surface area contributed by atoms with Crippen LogP contribution in [0.5, 0.6) is 17.2 Å². The quantitative estimate of drug-likeness (QED) is 0.172. The number of anilines is 3. The Morgan fingerprint density at radius 2 is 1.84 bits per heavy atom. The van der Waals surface area contributed by atoms with E-state index in [9.17, 15) is 4.79 Å². The van der Waals surface area contributed by atoms with Crippen LogP contribution >= 0.6 is 23.2 Å². The minimum atomic E-state index is -0.370. The van der Waals surface area contributed by atoms with Crippen LogP contribution in [0.4, 0.5) is 17.3 Å². The minimum absolute atomic E-state index is 0.0513. The van der Waals surface area contributed by atoms with E-state index in [1.165, 1.54) is 20.3 Å². The zero-order valence-electron chi connectivity index (χ0n) is 24.1. The van der Waals surface area contributed by atoms with Gasteiger partial charge in [0.2, 0.25) is 11.9 Å². The first kappa shape index (κ1) is 29.5. The van der Waals surface area contributed by atoms with Gasteiger partial charge >= 0.3 is 0 Å². The molecular weight excluding hydrogens is 607 g/mol. The van der Waals surface area contributed by atoms with E-state index in [1.807, 2.05) is 23.5 Å². The molecular formula is C31H28Cl2N6O5. The molecule has 1 aliphatic rings. The number of rotatable bonds is 9. The maximum Gasteiger partial charge on any atom is 0.247 e.